The Kier molecular flexibility index (Phi) is 4.63. The number of rotatable bonds is 3. The zero-order chi connectivity index (χ0) is 22.4. The molecule has 0 saturated heterocycles. The fourth-order valence-electron chi connectivity index (χ4n) is 4.62. The smallest absolute Gasteiger partial charge is 0.389 e. The molecule has 0 radical (unpaired) electrons. The zero-order valence-electron chi connectivity index (χ0n) is 17.6. The van der Waals surface area contributed by atoms with Crippen LogP contribution in [0.4, 0.5) is 14.3 Å². The van der Waals surface area contributed by atoms with Gasteiger partial charge in [0.05, 0.1) is 10.3 Å². The predicted molar refractivity (Wildman–Crippen MR) is 133 cm³/mol. The zero-order valence-corrected chi connectivity index (χ0v) is 18.4. The number of nitrogens with zero attached hydrogens (tertiary/aromatic N) is 2. The number of fused-ring (bicyclic) bond motifs is 3. The Labute approximate surface area is 194 Å². The SMILES string of the molecule is F[B-]1(F)N(c2ccccc2)C(c2ccccc2)=C(c2ccccc2)c2sc3ccccc3[n+]21. The van der Waals surface area contributed by atoms with Crippen molar-refractivity contribution in [2.45, 2.75) is 0 Å². The molecule has 2 nitrogen and oxygen atoms in total. The first kappa shape index (κ1) is 19.9. The second-order valence-corrected chi connectivity index (χ2v) is 9.03. The van der Waals surface area contributed by atoms with Gasteiger partial charge in [-0.2, -0.15) is 0 Å². The number of halogens is 2. The van der Waals surface area contributed by atoms with Gasteiger partial charge in [-0.1, -0.05) is 102 Å². The predicted octanol–water partition coefficient (Wildman–Crippen LogP) is 6.85. The third kappa shape index (κ3) is 3.10. The molecule has 0 atom stereocenters. The highest BCUT2D eigenvalue weighted by Crippen LogP contribution is 2.45. The summed E-state index contributed by atoms with van der Waals surface area (Å²) < 4.78 is 35.4. The highest BCUT2D eigenvalue weighted by molar-refractivity contribution is 7.19. The molecule has 0 unspecified atom stereocenters. The minimum absolute atomic E-state index is 0.461. The summed E-state index contributed by atoms with van der Waals surface area (Å²) in [6.07, 6.45) is 0. The maximum Gasteiger partial charge on any atom is 0.738 e. The van der Waals surface area contributed by atoms with Crippen LogP contribution in [-0.4, -0.2) is 6.97 Å². The van der Waals surface area contributed by atoms with E-state index in [1.807, 2.05) is 84.9 Å². The van der Waals surface area contributed by atoms with E-state index in [4.69, 9.17) is 0 Å². The van der Waals surface area contributed by atoms with Crippen molar-refractivity contribution < 1.29 is 13.1 Å². The van der Waals surface area contributed by atoms with Crippen LogP contribution in [0, 0.1) is 0 Å². The highest BCUT2D eigenvalue weighted by Gasteiger charge is 2.56. The van der Waals surface area contributed by atoms with E-state index >= 15 is 8.63 Å². The van der Waals surface area contributed by atoms with Crippen LogP contribution in [0.5, 0.6) is 0 Å². The Morgan fingerprint density at radius 3 is 1.85 bits per heavy atom. The van der Waals surface area contributed by atoms with Crippen LogP contribution in [0.3, 0.4) is 0 Å². The van der Waals surface area contributed by atoms with Crippen LogP contribution in [0.2, 0.25) is 0 Å². The lowest BCUT2D eigenvalue weighted by Gasteiger charge is -2.41. The second-order valence-electron chi connectivity index (χ2n) is 7.99. The summed E-state index contributed by atoms with van der Waals surface area (Å²) in [5, 5.41) is 0.568. The van der Waals surface area contributed by atoms with Crippen molar-refractivity contribution >= 4 is 45.5 Å². The van der Waals surface area contributed by atoms with Crippen LogP contribution < -0.4 is 9.29 Å². The molecule has 0 aliphatic carbocycles. The van der Waals surface area contributed by atoms with Gasteiger partial charge in [0.2, 0.25) is 5.01 Å². The lowest BCUT2D eigenvalue weighted by Crippen LogP contribution is -2.71. The molecule has 0 fully saturated rings. The molecule has 6 heteroatoms. The third-order valence-corrected chi connectivity index (χ3v) is 7.17. The largest absolute Gasteiger partial charge is 0.738 e. The summed E-state index contributed by atoms with van der Waals surface area (Å²) in [7, 11) is 0. The topological polar surface area (TPSA) is 7.12 Å². The van der Waals surface area contributed by atoms with Gasteiger partial charge in [-0.15, -0.1) is 0 Å². The molecule has 2 heterocycles. The van der Waals surface area contributed by atoms with E-state index < -0.39 is 6.97 Å². The summed E-state index contributed by atoms with van der Waals surface area (Å²) in [4.78, 5) is 1.24. The van der Waals surface area contributed by atoms with E-state index in [9.17, 15) is 0 Å². The summed E-state index contributed by atoms with van der Waals surface area (Å²) in [6, 6.07) is 35.7. The minimum atomic E-state index is -4.17. The third-order valence-electron chi connectivity index (χ3n) is 6.01. The number of benzene rings is 4. The quantitative estimate of drug-likeness (QED) is 0.272. The van der Waals surface area contributed by atoms with E-state index in [1.165, 1.54) is 20.6 Å². The molecular formula is C27H19BF2N2S. The lowest BCUT2D eigenvalue weighted by atomic mass is 9.82. The van der Waals surface area contributed by atoms with Gasteiger partial charge in [-0.05, 0) is 29.3 Å². The fourth-order valence-corrected chi connectivity index (χ4v) is 5.89. The van der Waals surface area contributed by atoms with Gasteiger partial charge >= 0.3 is 6.97 Å². The molecule has 0 spiro atoms. The Morgan fingerprint density at radius 1 is 0.636 bits per heavy atom. The first-order valence-electron chi connectivity index (χ1n) is 10.8. The van der Waals surface area contributed by atoms with Gasteiger partial charge < -0.3 is 17.9 Å². The van der Waals surface area contributed by atoms with Gasteiger partial charge in [0.25, 0.3) is 0 Å². The average Bonchev–Trinajstić information content (AvgIpc) is 3.26. The first-order valence-corrected chi connectivity index (χ1v) is 11.6. The molecule has 0 N–H and O–H groups in total. The molecule has 0 saturated carbocycles. The molecule has 1 aromatic heterocycles. The molecule has 1 aliphatic rings. The number of aromatic nitrogens is 1. The van der Waals surface area contributed by atoms with Crippen molar-refractivity contribution in [3.05, 3.63) is 131 Å². The van der Waals surface area contributed by atoms with Crippen molar-refractivity contribution in [2.75, 3.05) is 4.81 Å². The molecule has 160 valence electrons. The molecule has 4 aromatic carbocycles. The second kappa shape index (κ2) is 7.68. The van der Waals surface area contributed by atoms with Crippen LogP contribution in [-0.2, 0) is 0 Å². The molecular weight excluding hydrogens is 433 g/mol. The number of para-hydroxylation sites is 2. The van der Waals surface area contributed by atoms with Gasteiger partial charge in [0, 0.05) is 17.5 Å². The van der Waals surface area contributed by atoms with Crippen LogP contribution in [0.1, 0.15) is 16.1 Å². The Bertz CT molecular complexity index is 1480. The van der Waals surface area contributed by atoms with E-state index in [-0.39, 0.29) is 0 Å². The van der Waals surface area contributed by atoms with Gasteiger partial charge in [0.15, 0.2) is 5.52 Å². The maximum atomic E-state index is 16.7. The van der Waals surface area contributed by atoms with Crippen molar-refractivity contribution in [2.24, 2.45) is 0 Å². The molecule has 0 bridgehead atoms. The van der Waals surface area contributed by atoms with Crippen molar-refractivity contribution in [1.82, 2.24) is 0 Å². The van der Waals surface area contributed by atoms with Crippen molar-refractivity contribution in [3.63, 3.8) is 0 Å². The summed E-state index contributed by atoms with van der Waals surface area (Å²) in [6.45, 7) is -4.17. The van der Waals surface area contributed by atoms with Gasteiger partial charge in [-0.3, -0.25) is 0 Å². The summed E-state index contributed by atoms with van der Waals surface area (Å²) in [5.41, 5.74) is 3.99. The molecule has 5 aromatic rings. The number of hydrogen-bond donors (Lipinski definition) is 0. The van der Waals surface area contributed by atoms with E-state index in [2.05, 4.69) is 0 Å². The summed E-state index contributed by atoms with van der Waals surface area (Å²) >= 11 is 1.41. The first-order chi connectivity index (χ1) is 16.2. The van der Waals surface area contributed by atoms with Gasteiger partial charge in [-0.25, -0.2) is 0 Å². The molecule has 6 rings (SSSR count). The lowest BCUT2D eigenvalue weighted by molar-refractivity contribution is -0.536. The van der Waals surface area contributed by atoms with E-state index in [0.717, 1.165) is 21.4 Å². The highest BCUT2D eigenvalue weighted by atomic mass is 32.1. The van der Waals surface area contributed by atoms with Crippen LogP contribution in [0.25, 0.3) is 21.5 Å². The molecule has 1 aliphatic heterocycles. The number of anilines is 1. The summed E-state index contributed by atoms with van der Waals surface area (Å²) in [5.74, 6) is 0. The standard InChI is InChI=1S/C27H19BF2N2S/c29-28(30)31(22-16-8-3-9-17-22)26(21-14-6-2-7-15-21)25(20-12-4-1-5-13-20)27-32(28)23-18-10-11-19-24(23)33-27/h1-19H. The molecule has 33 heavy (non-hydrogen) atoms. The number of hydrogen-bond acceptors (Lipinski definition) is 2. The average molecular weight is 452 g/mol. The Balaban J connectivity index is 1.81. The Morgan fingerprint density at radius 2 is 1.18 bits per heavy atom. The fraction of sp³-hybridized carbons (Fsp3) is 0. The van der Waals surface area contributed by atoms with Gasteiger partial charge in [0.1, 0.15) is 0 Å². The number of thiazole rings is 1. The van der Waals surface area contributed by atoms with Crippen molar-refractivity contribution in [1.29, 1.82) is 0 Å². The van der Waals surface area contributed by atoms with Crippen LogP contribution >= 0.6 is 11.3 Å². The minimum Gasteiger partial charge on any atom is -0.389 e. The molecule has 0 amide bonds. The van der Waals surface area contributed by atoms with Crippen molar-refractivity contribution in [3.8, 4) is 0 Å². The Hall–Kier alpha value is -3.77. The van der Waals surface area contributed by atoms with E-state index in [1.54, 1.807) is 30.3 Å². The van der Waals surface area contributed by atoms with Crippen LogP contribution in [0.15, 0.2) is 115 Å². The monoisotopic (exact) mass is 452 g/mol. The van der Waals surface area contributed by atoms with E-state index in [0.29, 0.717) is 21.9 Å². The maximum absolute atomic E-state index is 16.7. The normalized spacial score (nSPS) is 15.0.